The summed E-state index contributed by atoms with van der Waals surface area (Å²) in [5.74, 6) is 0.908. The lowest BCUT2D eigenvalue weighted by atomic mass is 10.1. The van der Waals surface area contributed by atoms with Crippen LogP contribution in [0.3, 0.4) is 0 Å². The quantitative estimate of drug-likeness (QED) is 0.460. The van der Waals surface area contributed by atoms with E-state index in [-0.39, 0.29) is 29.5 Å². The van der Waals surface area contributed by atoms with E-state index in [9.17, 15) is 0 Å². The molecule has 0 aliphatic carbocycles. The number of halogens is 1. The fourth-order valence-corrected chi connectivity index (χ4v) is 1.18. The van der Waals surface area contributed by atoms with E-state index < -0.39 is 0 Å². The van der Waals surface area contributed by atoms with Gasteiger partial charge in [-0.1, -0.05) is 6.92 Å². The van der Waals surface area contributed by atoms with Gasteiger partial charge in [-0.15, -0.1) is 24.0 Å². The molecule has 0 spiro atoms. The Kier molecular flexibility index (Phi) is 11.0. The highest BCUT2D eigenvalue weighted by Crippen LogP contribution is 2.05. The molecule has 0 amide bonds. The molecule has 2 N–H and O–H groups in total. The standard InChI is InChI=1S/C11H25N3S.HI/c1-7-12-10(14-11(3,4)5)13-8-9(2)15-6;/h9H,7-8H2,1-6H3,(H2,12,13,14);1H. The molecule has 0 radical (unpaired) electrons. The zero-order chi connectivity index (χ0) is 11.9. The van der Waals surface area contributed by atoms with Crippen molar-refractivity contribution in [3.63, 3.8) is 0 Å². The highest BCUT2D eigenvalue weighted by atomic mass is 127. The van der Waals surface area contributed by atoms with Crippen molar-refractivity contribution in [1.82, 2.24) is 10.6 Å². The summed E-state index contributed by atoms with van der Waals surface area (Å²) in [6, 6.07) is 0. The van der Waals surface area contributed by atoms with Crippen molar-refractivity contribution in [2.24, 2.45) is 4.99 Å². The van der Waals surface area contributed by atoms with Crippen LogP contribution >= 0.6 is 35.7 Å². The van der Waals surface area contributed by atoms with Crippen molar-refractivity contribution < 1.29 is 0 Å². The van der Waals surface area contributed by atoms with Gasteiger partial charge in [0.2, 0.25) is 0 Å². The smallest absolute Gasteiger partial charge is 0.191 e. The van der Waals surface area contributed by atoms with E-state index in [1.165, 1.54) is 0 Å². The maximum Gasteiger partial charge on any atom is 0.191 e. The Balaban J connectivity index is 0. The summed E-state index contributed by atoms with van der Waals surface area (Å²) in [4.78, 5) is 4.54. The maximum atomic E-state index is 4.54. The average molecular weight is 359 g/mol. The molecule has 0 heterocycles. The first kappa shape index (κ1) is 18.7. The fourth-order valence-electron chi connectivity index (χ4n) is 0.957. The number of hydrogen-bond acceptors (Lipinski definition) is 2. The summed E-state index contributed by atoms with van der Waals surface area (Å²) in [5, 5.41) is 7.18. The van der Waals surface area contributed by atoms with E-state index in [1.54, 1.807) is 0 Å². The molecule has 0 aromatic carbocycles. The monoisotopic (exact) mass is 359 g/mol. The number of rotatable bonds is 4. The lowest BCUT2D eigenvalue weighted by Crippen LogP contribution is -2.47. The predicted octanol–water partition coefficient (Wildman–Crippen LogP) is 2.71. The SMILES string of the molecule is CCNC(=NCC(C)SC)NC(C)(C)C.I. The van der Waals surface area contributed by atoms with Crippen LogP contribution in [-0.4, -0.2) is 36.1 Å². The Hall–Kier alpha value is 0.350. The molecule has 16 heavy (non-hydrogen) atoms. The number of aliphatic imine (C=N–C) groups is 1. The Labute approximate surface area is 122 Å². The highest BCUT2D eigenvalue weighted by molar-refractivity contribution is 14.0. The second-order valence-electron chi connectivity index (χ2n) is 4.64. The van der Waals surface area contributed by atoms with Crippen molar-refractivity contribution in [3.05, 3.63) is 0 Å². The van der Waals surface area contributed by atoms with Crippen LogP contribution in [0.15, 0.2) is 4.99 Å². The molecule has 1 unspecified atom stereocenters. The van der Waals surface area contributed by atoms with Crippen LogP contribution in [-0.2, 0) is 0 Å². The van der Waals surface area contributed by atoms with Gasteiger partial charge in [0.1, 0.15) is 0 Å². The Morgan fingerprint density at radius 2 is 1.94 bits per heavy atom. The predicted molar refractivity (Wildman–Crippen MR) is 87.3 cm³/mol. The van der Waals surface area contributed by atoms with Gasteiger partial charge in [0, 0.05) is 17.3 Å². The van der Waals surface area contributed by atoms with E-state index in [0.717, 1.165) is 19.0 Å². The summed E-state index contributed by atoms with van der Waals surface area (Å²) < 4.78 is 0. The van der Waals surface area contributed by atoms with Gasteiger partial charge in [-0.25, -0.2) is 0 Å². The summed E-state index contributed by atoms with van der Waals surface area (Å²) in [7, 11) is 0. The highest BCUT2D eigenvalue weighted by Gasteiger charge is 2.11. The first-order valence-electron chi connectivity index (χ1n) is 5.48. The number of hydrogen-bond donors (Lipinski definition) is 2. The minimum absolute atomic E-state index is 0. The summed E-state index contributed by atoms with van der Waals surface area (Å²) in [6.45, 7) is 12.4. The van der Waals surface area contributed by atoms with Gasteiger partial charge in [-0.2, -0.15) is 11.8 Å². The van der Waals surface area contributed by atoms with Crippen LogP contribution in [0.1, 0.15) is 34.6 Å². The molecule has 0 aromatic rings. The van der Waals surface area contributed by atoms with Crippen LogP contribution in [0.2, 0.25) is 0 Å². The number of nitrogens with one attached hydrogen (secondary N) is 2. The van der Waals surface area contributed by atoms with Gasteiger partial charge < -0.3 is 10.6 Å². The van der Waals surface area contributed by atoms with Crippen molar-refractivity contribution in [1.29, 1.82) is 0 Å². The maximum absolute atomic E-state index is 4.54. The number of thioether (sulfide) groups is 1. The molecular weight excluding hydrogens is 333 g/mol. The summed E-state index contributed by atoms with van der Waals surface area (Å²) in [5.41, 5.74) is 0.0591. The zero-order valence-corrected chi connectivity index (χ0v) is 14.4. The molecular formula is C11H26IN3S. The largest absolute Gasteiger partial charge is 0.357 e. The molecule has 5 heteroatoms. The van der Waals surface area contributed by atoms with Crippen LogP contribution < -0.4 is 10.6 Å². The Bertz CT molecular complexity index is 202. The van der Waals surface area contributed by atoms with Gasteiger partial charge in [0.25, 0.3) is 0 Å². The molecule has 0 aliphatic rings. The van der Waals surface area contributed by atoms with Crippen molar-refractivity contribution in [3.8, 4) is 0 Å². The fraction of sp³-hybridized carbons (Fsp3) is 0.909. The van der Waals surface area contributed by atoms with Crippen molar-refractivity contribution >= 4 is 41.7 Å². The lowest BCUT2D eigenvalue weighted by molar-refractivity contribution is 0.501. The van der Waals surface area contributed by atoms with E-state index in [4.69, 9.17) is 0 Å². The zero-order valence-electron chi connectivity index (χ0n) is 11.3. The third-order valence-electron chi connectivity index (χ3n) is 1.75. The molecule has 3 nitrogen and oxygen atoms in total. The van der Waals surface area contributed by atoms with E-state index in [1.807, 2.05) is 11.8 Å². The first-order valence-corrected chi connectivity index (χ1v) is 6.77. The molecule has 1 atom stereocenters. The Morgan fingerprint density at radius 1 is 1.38 bits per heavy atom. The van der Waals surface area contributed by atoms with Crippen LogP contribution in [0.25, 0.3) is 0 Å². The molecule has 0 aliphatic heterocycles. The van der Waals surface area contributed by atoms with Crippen LogP contribution in [0.5, 0.6) is 0 Å². The molecule has 0 fully saturated rings. The summed E-state index contributed by atoms with van der Waals surface area (Å²) >= 11 is 1.84. The first-order chi connectivity index (χ1) is 6.89. The van der Waals surface area contributed by atoms with Crippen LogP contribution in [0.4, 0.5) is 0 Å². The number of nitrogens with zero attached hydrogens (tertiary/aromatic N) is 1. The molecule has 0 saturated heterocycles. The van der Waals surface area contributed by atoms with Gasteiger partial charge in [-0.3, -0.25) is 4.99 Å². The van der Waals surface area contributed by atoms with E-state index in [2.05, 4.69) is 56.5 Å². The third-order valence-corrected chi connectivity index (χ3v) is 2.70. The van der Waals surface area contributed by atoms with Gasteiger partial charge in [-0.05, 0) is 34.0 Å². The summed E-state index contributed by atoms with van der Waals surface area (Å²) in [6.07, 6.45) is 2.12. The normalized spacial score (nSPS) is 14.0. The topological polar surface area (TPSA) is 36.4 Å². The molecule has 0 rings (SSSR count). The molecule has 0 bridgehead atoms. The minimum atomic E-state index is 0. The Morgan fingerprint density at radius 3 is 2.31 bits per heavy atom. The van der Waals surface area contributed by atoms with E-state index in [0.29, 0.717) is 5.25 Å². The lowest BCUT2D eigenvalue weighted by Gasteiger charge is -2.24. The number of guanidine groups is 1. The van der Waals surface area contributed by atoms with Gasteiger partial charge >= 0.3 is 0 Å². The second kappa shape index (κ2) is 9.39. The second-order valence-corrected chi connectivity index (χ2v) is 5.92. The molecule has 98 valence electrons. The average Bonchev–Trinajstić information content (AvgIpc) is 2.11. The van der Waals surface area contributed by atoms with Gasteiger partial charge in [0.05, 0.1) is 6.54 Å². The molecule has 0 saturated carbocycles. The van der Waals surface area contributed by atoms with Crippen molar-refractivity contribution in [2.75, 3.05) is 19.3 Å². The third kappa shape index (κ3) is 10.9. The molecule has 0 aromatic heterocycles. The van der Waals surface area contributed by atoms with Crippen LogP contribution in [0, 0.1) is 0 Å². The van der Waals surface area contributed by atoms with E-state index >= 15 is 0 Å². The van der Waals surface area contributed by atoms with Crippen molar-refractivity contribution in [2.45, 2.75) is 45.4 Å². The van der Waals surface area contributed by atoms with Gasteiger partial charge in [0.15, 0.2) is 5.96 Å². The minimum Gasteiger partial charge on any atom is -0.357 e.